The fourth-order valence-electron chi connectivity index (χ4n) is 4.18. The Hall–Kier alpha value is -3.17. The molecule has 4 rings (SSSR count). The van der Waals surface area contributed by atoms with E-state index in [4.69, 9.17) is 4.74 Å². The first-order valence-electron chi connectivity index (χ1n) is 10.3. The number of ketones is 1. The summed E-state index contributed by atoms with van der Waals surface area (Å²) < 4.78 is 56.3. The number of alkyl halides is 3. The van der Waals surface area contributed by atoms with Crippen LogP contribution < -0.4 is 10.1 Å². The molecule has 1 aliphatic rings. The molecule has 2 N–H and O–H groups in total. The van der Waals surface area contributed by atoms with E-state index >= 15 is 0 Å². The van der Waals surface area contributed by atoms with Gasteiger partial charge in [0.2, 0.25) is 0 Å². The number of hydrogen-bond donors (Lipinski definition) is 2. The fourth-order valence-corrected chi connectivity index (χ4v) is 4.18. The van der Waals surface area contributed by atoms with E-state index < -0.39 is 18.4 Å². The molecule has 2 heterocycles. The van der Waals surface area contributed by atoms with Gasteiger partial charge in [0.25, 0.3) is 0 Å². The molecule has 0 aliphatic heterocycles. The molecule has 32 heavy (non-hydrogen) atoms. The van der Waals surface area contributed by atoms with E-state index in [0.29, 0.717) is 47.6 Å². The van der Waals surface area contributed by atoms with Gasteiger partial charge in [0.05, 0.1) is 18.2 Å². The smallest absolute Gasteiger partial charge is 0.389 e. The van der Waals surface area contributed by atoms with Gasteiger partial charge in [0, 0.05) is 30.5 Å². The maximum Gasteiger partial charge on any atom is 0.389 e. The van der Waals surface area contributed by atoms with Gasteiger partial charge in [0.1, 0.15) is 35.1 Å². The molecule has 0 amide bonds. The van der Waals surface area contributed by atoms with Crippen molar-refractivity contribution in [1.29, 1.82) is 0 Å². The number of halogens is 4. The Morgan fingerprint density at radius 3 is 2.88 bits per heavy atom. The molecule has 1 aromatic carbocycles. The van der Waals surface area contributed by atoms with E-state index in [9.17, 15) is 22.4 Å². The average Bonchev–Trinajstić information content (AvgIpc) is 3.11. The van der Waals surface area contributed by atoms with Crippen LogP contribution in [0.2, 0.25) is 0 Å². The highest BCUT2D eigenvalue weighted by Crippen LogP contribution is 2.37. The number of Topliss-reactive ketones (excluding diaryl/α,β-unsaturated/α-hetero) is 1. The minimum atomic E-state index is -4.26. The number of aryl methyl sites for hydroxylation is 1. The second-order valence-electron chi connectivity index (χ2n) is 7.87. The monoisotopic (exact) mass is 450 g/mol. The van der Waals surface area contributed by atoms with Gasteiger partial charge < -0.3 is 15.0 Å². The van der Waals surface area contributed by atoms with Crippen molar-refractivity contribution in [2.75, 3.05) is 12.4 Å². The third-order valence-corrected chi connectivity index (χ3v) is 5.73. The zero-order valence-electron chi connectivity index (χ0n) is 17.4. The fraction of sp³-hybridized carbons (Fsp3) is 0.409. The Kier molecular flexibility index (Phi) is 6.03. The van der Waals surface area contributed by atoms with Crippen molar-refractivity contribution < 1.29 is 27.1 Å². The van der Waals surface area contributed by atoms with Gasteiger partial charge in [-0.05, 0) is 43.4 Å². The number of benzene rings is 1. The van der Waals surface area contributed by atoms with Crippen molar-refractivity contribution in [3.05, 3.63) is 41.6 Å². The Bertz CT molecular complexity index is 1140. The molecule has 2 aromatic heterocycles. The van der Waals surface area contributed by atoms with Crippen LogP contribution in [0, 0.1) is 11.7 Å². The highest BCUT2D eigenvalue weighted by molar-refractivity contribution is 5.94. The molecule has 170 valence electrons. The van der Waals surface area contributed by atoms with Gasteiger partial charge in [-0.1, -0.05) is 0 Å². The predicted molar refractivity (Wildman–Crippen MR) is 111 cm³/mol. The Labute approximate surface area is 181 Å². The number of aromatic nitrogens is 3. The SMILES string of the molecule is COc1ccc(F)cc1Nc1ncnc2[nH]c3c(c12)CC(C(=O)CCCC(F)(F)F)CC3. The summed E-state index contributed by atoms with van der Waals surface area (Å²) in [5.74, 6) is -0.0972. The van der Waals surface area contributed by atoms with Gasteiger partial charge in [-0.25, -0.2) is 14.4 Å². The summed E-state index contributed by atoms with van der Waals surface area (Å²) in [7, 11) is 1.47. The lowest BCUT2D eigenvalue weighted by molar-refractivity contribution is -0.137. The van der Waals surface area contributed by atoms with Crippen LogP contribution in [-0.4, -0.2) is 34.0 Å². The molecule has 1 unspecified atom stereocenters. The largest absolute Gasteiger partial charge is 0.495 e. The second-order valence-corrected chi connectivity index (χ2v) is 7.87. The zero-order valence-corrected chi connectivity index (χ0v) is 17.4. The number of anilines is 2. The number of nitrogens with zero attached hydrogens (tertiary/aromatic N) is 2. The van der Waals surface area contributed by atoms with Crippen molar-refractivity contribution >= 4 is 28.3 Å². The number of aromatic amines is 1. The summed E-state index contributed by atoms with van der Waals surface area (Å²) in [6.07, 6.45) is -2.59. The molecule has 0 saturated carbocycles. The third kappa shape index (κ3) is 4.68. The van der Waals surface area contributed by atoms with Crippen LogP contribution in [0.15, 0.2) is 24.5 Å². The van der Waals surface area contributed by atoms with E-state index in [1.807, 2.05) is 0 Å². The molecule has 6 nitrogen and oxygen atoms in total. The lowest BCUT2D eigenvalue weighted by Crippen LogP contribution is -2.23. The van der Waals surface area contributed by atoms with E-state index in [1.165, 1.54) is 31.6 Å². The zero-order chi connectivity index (χ0) is 22.9. The van der Waals surface area contributed by atoms with E-state index in [0.717, 1.165) is 11.3 Å². The van der Waals surface area contributed by atoms with Crippen LogP contribution >= 0.6 is 0 Å². The first-order chi connectivity index (χ1) is 15.2. The van der Waals surface area contributed by atoms with Crippen LogP contribution in [0.5, 0.6) is 5.75 Å². The number of H-pyrrole nitrogens is 1. The van der Waals surface area contributed by atoms with Gasteiger partial charge in [-0.3, -0.25) is 4.79 Å². The molecular weight excluding hydrogens is 428 g/mol. The molecule has 0 bridgehead atoms. The minimum Gasteiger partial charge on any atom is -0.495 e. The minimum absolute atomic E-state index is 0.0933. The van der Waals surface area contributed by atoms with E-state index in [2.05, 4.69) is 20.3 Å². The number of hydrogen-bond acceptors (Lipinski definition) is 5. The topological polar surface area (TPSA) is 79.9 Å². The van der Waals surface area contributed by atoms with Crippen LogP contribution in [0.4, 0.5) is 29.1 Å². The molecule has 0 radical (unpaired) electrons. The molecule has 0 fully saturated rings. The van der Waals surface area contributed by atoms with Crippen LogP contribution in [0.25, 0.3) is 11.0 Å². The highest BCUT2D eigenvalue weighted by atomic mass is 19.4. The number of carbonyl (C=O) groups excluding carboxylic acids is 1. The van der Waals surface area contributed by atoms with Crippen LogP contribution in [0.1, 0.15) is 36.9 Å². The number of fused-ring (bicyclic) bond motifs is 3. The van der Waals surface area contributed by atoms with Crippen molar-refractivity contribution in [3.63, 3.8) is 0 Å². The highest BCUT2D eigenvalue weighted by Gasteiger charge is 2.31. The van der Waals surface area contributed by atoms with Crippen molar-refractivity contribution in [3.8, 4) is 5.75 Å². The number of carbonyl (C=O) groups is 1. The number of methoxy groups -OCH3 is 1. The molecule has 0 saturated heterocycles. The van der Waals surface area contributed by atoms with Gasteiger partial charge in [0.15, 0.2) is 0 Å². The quantitative estimate of drug-likeness (QED) is 0.481. The molecule has 1 aliphatic carbocycles. The van der Waals surface area contributed by atoms with Crippen LogP contribution in [0.3, 0.4) is 0 Å². The summed E-state index contributed by atoms with van der Waals surface area (Å²) in [5, 5.41) is 3.77. The van der Waals surface area contributed by atoms with Crippen molar-refractivity contribution in [2.45, 2.75) is 44.7 Å². The number of rotatable bonds is 7. The third-order valence-electron chi connectivity index (χ3n) is 5.73. The standard InChI is InChI=1S/C22H22F4N4O2/c1-32-18-7-5-13(23)10-16(18)30-21-19-14-9-12(17(31)3-2-8-22(24,25)26)4-6-15(14)29-20(19)27-11-28-21/h5,7,10-12H,2-4,6,8-9H2,1H3,(H2,27,28,29,30). The van der Waals surface area contributed by atoms with Crippen molar-refractivity contribution in [2.24, 2.45) is 5.92 Å². The second kappa shape index (κ2) is 8.76. The summed E-state index contributed by atoms with van der Waals surface area (Å²) in [6, 6.07) is 4.07. The maximum atomic E-state index is 13.8. The average molecular weight is 450 g/mol. The Morgan fingerprint density at radius 2 is 2.12 bits per heavy atom. The van der Waals surface area contributed by atoms with Crippen LogP contribution in [-0.2, 0) is 17.6 Å². The Balaban J connectivity index is 1.60. The summed E-state index contributed by atoms with van der Waals surface area (Å²) in [5.41, 5.74) is 2.75. The van der Waals surface area contributed by atoms with Gasteiger partial charge >= 0.3 is 6.18 Å². The first kappa shape index (κ1) is 22.0. The lowest BCUT2D eigenvalue weighted by atomic mass is 9.82. The molecular formula is C22H22F4N4O2. The van der Waals surface area contributed by atoms with Crippen molar-refractivity contribution in [1.82, 2.24) is 15.0 Å². The maximum absolute atomic E-state index is 13.8. The summed E-state index contributed by atoms with van der Waals surface area (Å²) in [4.78, 5) is 24.4. The molecule has 10 heteroatoms. The molecule has 3 aromatic rings. The molecule has 0 spiro atoms. The summed E-state index contributed by atoms with van der Waals surface area (Å²) >= 11 is 0. The molecule has 1 atom stereocenters. The number of ether oxygens (including phenoxy) is 1. The predicted octanol–water partition coefficient (Wildman–Crippen LogP) is 5.26. The summed E-state index contributed by atoms with van der Waals surface area (Å²) in [6.45, 7) is 0. The first-order valence-corrected chi connectivity index (χ1v) is 10.3. The lowest BCUT2D eigenvalue weighted by Gasteiger charge is -2.22. The number of nitrogens with one attached hydrogen (secondary N) is 2. The van der Waals surface area contributed by atoms with Gasteiger partial charge in [-0.2, -0.15) is 13.2 Å². The van der Waals surface area contributed by atoms with E-state index in [-0.39, 0.29) is 24.5 Å². The Morgan fingerprint density at radius 1 is 1.31 bits per heavy atom. The normalized spacial score (nSPS) is 16.1. The van der Waals surface area contributed by atoms with Gasteiger partial charge in [-0.15, -0.1) is 0 Å². The van der Waals surface area contributed by atoms with E-state index in [1.54, 1.807) is 0 Å².